The standard InChI is InChI=1S/C27H36O4S/c1-7-27(8-2,24-15-19-14-18(25(29)30)9-12-22(19)32-24)20-10-11-21(17(3)13-20)31-16-23(28)26(4,5)6/h9-15,19,22-23,28H,7-8,16H2,1-6H3,(H,29,30). The van der Waals surface area contributed by atoms with Crippen molar-refractivity contribution >= 4 is 17.7 Å². The normalized spacial score (nSPS) is 21.6. The van der Waals surface area contributed by atoms with Crippen LogP contribution in [0.25, 0.3) is 0 Å². The number of allylic oxidation sites excluding steroid dienone is 3. The first-order chi connectivity index (χ1) is 15.0. The molecule has 0 saturated carbocycles. The Balaban J connectivity index is 1.87. The first-order valence-electron chi connectivity index (χ1n) is 11.5. The van der Waals surface area contributed by atoms with Crippen LogP contribution in [-0.4, -0.2) is 34.1 Å². The molecule has 1 aromatic carbocycles. The third-order valence-corrected chi connectivity index (χ3v) is 8.40. The molecule has 5 heteroatoms. The second-order valence-electron chi connectivity index (χ2n) is 9.94. The van der Waals surface area contributed by atoms with E-state index in [2.05, 4.69) is 39.0 Å². The van der Waals surface area contributed by atoms with E-state index < -0.39 is 12.1 Å². The summed E-state index contributed by atoms with van der Waals surface area (Å²) in [5, 5.41) is 19.9. The number of ether oxygens (including phenoxy) is 1. The van der Waals surface area contributed by atoms with E-state index in [1.54, 1.807) is 6.08 Å². The Bertz CT molecular complexity index is 947. The van der Waals surface area contributed by atoms with Gasteiger partial charge in [0.15, 0.2) is 0 Å². The molecule has 0 radical (unpaired) electrons. The molecule has 4 nitrogen and oxygen atoms in total. The molecule has 3 unspecified atom stereocenters. The second kappa shape index (κ2) is 9.48. The van der Waals surface area contributed by atoms with Crippen molar-refractivity contribution in [3.8, 4) is 5.75 Å². The number of carboxylic acid groups (broad SMARTS) is 1. The van der Waals surface area contributed by atoms with Crippen LogP contribution >= 0.6 is 11.8 Å². The Hall–Kier alpha value is -1.98. The highest BCUT2D eigenvalue weighted by Crippen LogP contribution is 2.52. The Morgan fingerprint density at radius 3 is 2.44 bits per heavy atom. The van der Waals surface area contributed by atoms with Gasteiger partial charge in [-0.15, -0.1) is 11.8 Å². The molecular formula is C27H36O4S. The molecule has 0 saturated heterocycles. The van der Waals surface area contributed by atoms with E-state index in [1.807, 2.05) is 50.8 Å². The number of carboxylic acids is 1. The van der Waals surface area contributed by atoms with Gasteiger partial charge in [0, 0.05) is 16.6 Å². The first kappa shape index (κ1) is 24.7. The molecule has 1 aliphatic carbocycles. The molecule has 3 atom stereocenters. The average molecular weight is 457 g/mol. The zero-order valence-corrected chi connectivity index (χ0v) is 20.8. The summed E-state index contributed by atoms with van der Waals surface area (Å²) in [5.74, 6) is 0.0506. The maximum absolute atomic E-state index is 11.4. The summed E-state index contributed by atoms with van der Waals surface area (Å²) in [6, 6.07) is 6.38. The van der Waals surface area contributed by atoms with Crippen molar-refractivity contribution in [1.29, 1.82) is 0 Å². The van der Waals surface area contributed by atoms with Crippen LogP contribution in [0.15, 0.2) is 53.0 Å². The summed E-state index contributed by atoms with van der Waals surface area (Å²) < 4.78 is 5.95. The highest BCUT2D eigenvalue weighted by atomic mass is 32.2. The molecule has 0 spiro atoms. The molecule has 32 heavy (non-hydrogen) atoms. The molecule has 3 rings (SSSR count). The fourth-order valence-electron chi connectivity index (χ4n) is 4.40. The largest absolute Gasteiger partial charge is 0.491 e. The van der Waals surface area contributed by atoms with Crippen molar-refractivity contribution in [3.05, 3.63) is 64.1 Å². The lowest BCUT2D eigenvalue weighted by molar-refractivity contribution is -0.132. The van der Waals surface area contributed by atoms with Gasteiger partial charge < -0.3 is 14.9 Å². The number of aliphatic hydroxyl groups excluding tert-OH is 1. The molecule has 2 aliphatic rings. The van der Waals surface area contributed by atoms with Gasteiger partial charge in [-0.2, -0.15) is 0 Å². The number of fused-ring (bicyclic) bond motifs is 1. The minimum absolute atomic E-state index is 0.110. The van der Waals surface area contributed by atoms with Crippen LogP contribution in [0, 0.1) is 18.3 Å². The summed E-state index contributed by atoms with van der Waals surface area (Å²) in [4.78, 5) is 12.7. The monoisotopic (exact) mass is 456 g/mol. The maximum Gasteiger partial charge on any atom is 0.335 e. The van der Waals surface area contributed by atoms with Crippen LogP contribution in [-0.2, 0) is 10.2 Å². The molecule has 1 heterocycles. The lowest BCUT2D eigenvalue weighted by Gasteiger charge is -2.34. The molecule has 1 aliphatic heterocycles. The summed E-state index contributed by atoms with van der Waals surface area (Å²) >= 11 is 1.86. The first-order valence-corrected chi connectivity index (χ1v) is 12.3. The fourth-order valence-corrected chi connectivity index (χ4v) is 6.03. The number of aliphatic hydroxyl groups is 1. The number of benzene rings is 1. The summed E-state index contributed by atoms with van der Waals surface area (Å²) in [6.07, 6.45) is 9.30. The Kier molecular flexibility index (Phi) is 7.31. The van der Waals surface area contributed by atoms with E-state index >= 15 is 0 Å². The van der Waals surface area contributed by atoms with Crippen molar-refractivity contribution in [3.63, 3.8) is 0 Å². The summed E-state index contributed by atoms with van der Waals surface area (Å²) in [7, 11) is 0. The smallest absolute Gasteiger partial charge is 0.335 e. The molecular weight excluding hydrogens is 420 g/mol. The van der Waals surface area contributed by atoms with Gasteiger partial charge in [0.2, 0.25) is 0 Å². The van der Waals surface area contributed by atoms with Gasteiger partial charge in [-0.25, -0.2) is 4.79 Å². The van der Waals surface area contributed by atoms with Gasteiger partial charge in [-0.3, -0.25) is 0 Å². The van der Waals surface area contributed by atoms with Crippen molar-refractivity contribution in [1.82, 2.24) is 0 Å². The van der Waals surface area contributed by atoms with Crippen LogP contribution < -0.4 is 4.74 Å². The van der Waals surface area contributed by atoms with E-state index in [9.17, 15) is 15.0 Å². The van der Waals surface area contributed by atoms with E-state index in [-0.39, 0.29) is 28.6 Å². The number of aliphatic carboxylic acids is 1. The molecule has 0 amide bonds. The lowest BCUT2D eigenvalue weighted by Crippen LogP contribution is -2.32. The van der Waals surface area contributed by atoms with Gasteiger partial charge in [0.1, 0.15) is 12.4 Å². The Morgan fingerprint density at radius 1 is 1.19 bits per heavy atom. The number of aryl methyl sites for hydroxylation is 1. The van der Waals surface area contributed by atoms with Gasteiger partial charge >= 0.3 is 5.97 Å². The third-order valence-electron chi connectivity index (χ3n) is 6.87. The van der Waals surface area contributed by atoms with Crippen LogP contribution in [0.5, 0.6) is 5.75 Å². The Morgan fingerprint density at radius 2 is 1.88 bits per heavy atom. The van der Waals surface area contributed by atoms with Crippen molar-refractivity contribution < 1.29 is 19.7 Å². The molecule has 174 valence electrons. The number of carbonyl (C=O) groups is 1. The van der Waals surface area contributed by atoms with Gasteiger partial charge in [0.05, 0.1) is 11.7 Å². The van der Waals surface area contributed by atoms with Crippen LogP contribution in [0.3, 0.4) is 0 Å². The molecule has 0 bridgehead atoms. The fraction of sp³-hybridized carbons (Fsp3) is 0.519. The van der Waals surface area contributed by atoms with Gasteiger partial charge in [-0.05, 0) is 47.3 Å². The van der Waals surface area contributed by atoms with E-state index in [1.165, 1.54) is 10.5 Å². The minimum atomic E-state index is -0.869. The average Bonchev–Trinajstić information content (AvgIpc) is 3.17. The van der Waals surface area contributed by atoms with Crippen LogP contribution in [0.2, 0.25) is 0 Å². The molecule has 1 aromatic rings. The third kappa shape index (κ3) is 4.84. The number of hydrogen-bond acceptors (Lipinski definition) is 4. The quantitative estimate of drug-likeness (QED) is 0.499. The Labute approximate surface area is 196 Å². The van der Waals surface area contributed by atoms with Crippen molar-refractivity contribution in [2.45, 2.75) is 71.2 Å². The molecule has 2 N–H and O–H groups in total. The van der Waals surface area contributed by atoms with Crippen molar-refractivity contribution in [2.24, 2.45) is 11.3 Å². The lowest BCUT2D eigenvalue weighted by atomic mass is 9.74. The van der Waals surface area contributed by atoms with E-state index in [0.29, 0.717) is 5.57 Å². The SMILES string of the molecule is CCC(CC)(C1=CC2C=C(C(=O)O)C=CC2S1)c1ccc(OCC(O)C(C)(C)C)c(C)c1. The van der Waals surface area contributed by atoms with Crippen molar-refractivity contribution in [2.75, 3.05) is 6.61 Å². The topological polar surface area (TPSA) is 66.8 Å². The highest BCUT2D eigenvalue weighted by Gasteiger charge is 2.40. The van der Waals surface area contributed by atoms with Crippen LogP contribution in [0.4, 0.5) is 0 Å². The molecule has 0 aromatic heterocycles. The highest BCUT2D eigenvalue weighted by molar-refractivity contribution is 8.04. The zero-order chi connectivity index (χ0) is 23.7. The zero-order valence-electron chi connectivity index (χ0n) is 20.0. The number of thioether (sulfide) groups is 1. The maximum atomic E-state index is 11.4. The van der Waals surface area contributed by atoms with Gasteiger partial charge in [-0.1, -0.05) is 71.1 Å². The predicted octanol–water partition coefficient (Wildman–Crippen LogP) is 6.03. The van der Waals surface area contributed by atoms with E-state index in [0.717, 1.165) is 24.2 Å². The number of rotatable bonds is 8. The minimum Gasteiger partial charge on any atom is -0.491 e. The van der Waals surface area contributed by atoms with Gasteiger partial charge in [0.25, 0.3) is 0 Å². The predicted molar refractivity (Wildman–Crippen MR) is 132 cm³/mol. The van der Waals surface area contributed by atoms with Crippen LogP contribution in [0.1, 0.15) is 58.6 Å². The summed E-state index contributed by atoms with van der Waals surface area (Å²) in [5.41, 5.74) is 2.36. The number of hydrogen-bond donors (Lipinski definition) is 2. The molecule has 0 fully saturated rings. The second-order valence-corrected chi connectivity index (χ2v) is 11.2. The summed E-state index contributed by atoms with van der Waals surface area (Å²) in [6.45, 7) is 12.8. The van der Waals surface area contributed by atoms with E-state index in [4.69, 9.17) is 4.74 Å².